The molecule has 2 N–H and O–H groups in total. The first-order valence-corrected chi connectivity index (χ1v) is 11.2. The first-order valence-electron chi connectivity index (χ1n) is 11.2. The highest BCUT2D eigenvalue weighted by Crippen LogP contribution is 2.39. The molecule has 0 saturated carbocycles. The number of carbonyl (C=O) groups is 2. The van der Waals surface area contributed by atoms with E-state index in [-0.39, 0.29) is 18.5 Å². The van der Waals surface area contributed by atoms with Gasteiger partial charge in [-0.15, -0.1) is 0 Å². The third-order valence-electron chi connectivity index (χ3n) is 6.29. The number of amides is 3. The summed E-state index contributed by atoms with van der Waals surface area (Å²) in [6.07, 6.45) is -1.04. The predicted octanol–water partition coefficient (Wildman–Crippen LogP) is 2.96. The minimum absolute atomic E-state index is 0.146. The van der Waals surface area contributed by atoms with Crippen LogP contribution >= 0.6 is 0 Å². The molecule has 3 aromatic carbocycles. The van der Waals surface area contributed by atoms with Gasteiger partial charge in [-0.2, -0.15) is 5.06 Å². The molecule has 0 aromatic heterocycles. The molecular formula is C25H30N4O4. The first kappa shape index (κ1) is 23.0. The van der Waals surface area contributed by atoms with Crippen molar-refractivity contribution in [3.05, 3.63) is 59.7 Å². The van der Waals surface area contributed by atoms with Gasteiger partial charge in [0.2, 0.25) is 0 Å². The molecule has 8 heteroatoms. The molecule has 1 unspecified atom stereocenters. The second kappa shape index (κ2) is 9.74. The number of fused-ring (bicyclic) bond motifs is 2. The highest BCUT2D eigenvalue weighted by molar-refractivity contribution is 6.19. The maximum absolute atomic E-state index is 13.4. The van der Waals surface area contributed by atoms with Crippen molar-refractivity contribution < 1.29 is 19.5 Å². The summed E-state index contributed by atoms with van der Waals surface area (Å²) in [6.45, 7) is 4.05. The molecule has 0 fully saturated rings. The van der Waals surface area contributed by atoms with Gasteiger partial charge < -0.3 is 25.1 Å². The number of nitrogens with zero attached hydrogens (tertiary/aromatic N) is 3. The molecule has 0 aliphatic carbocycles. The summed E-state index contributed by atoms with van der Waals surface area (Å²) in [5.41, 5.74) is 1.33. The van der Waals surface area contributed by atoms with Crippen LogP contribution in [0.3, 0.4) is 0 Å². The Kier molecular flexibility index (Phi) is 6.78. The minimum Gasteiger partial charge on any atom is -0.369 e. The van der Waals surface area contributed by atoms with Crippen molar-refractivity contribution in [2.45, 2.75) is 13.2 Å². The summed E-state index contributed by atoms with van der Waals surface area (Å²) in [5.74, 6) is -0.203. The van der Waals surface area contributed by atoms with Crippen LogP contribution in [0.4, 0.5) is 4.79 Å². The highest BCUT2D eigenvalue weighted by atomic mass is 16.7. The monoisotopic (exact) mass is 450 g/mol. The smallest absolute Gasteiger partial charge is 0.317 e. The van der Waals surface area contributed by atoms with Crippen LogP contribution in [0.2, 0.25) is 0 Å². The summed E-state index contributed by atoms with van der Waals surface area (Å²) in [4.78, 5) is 33.8. The van der Waals surface area contributed by atoms with Gasteiger partial charge in [0.1, 0.15) is 0 Å². The van der Waals surface area contributed by atoms with Crippen LogP contribution in [0.15, 0.2) is 48.5 Å². The van der Waals surface area contributed by atoms with E-state index in [4.69, 9.17) is 4.84 Å². The fourth-order valence-corrected chi connectivity index (χ4v) is 4.31. The lowest BCUT2D eigenvalue weighted by Gasteiger charge is -2.35. The zero-order valence-electron chi connectivity index (χ0n) is 19.2. The molecule has 0 radical (unpaired) electrons. The summed E-state index contributed by atoms with van der Waals surface area (Å²) in [6, 6.07) is 15.5. The van der Waals surface area contributed by atoms with Gasteiger partial charge in [0.05, 0.1) is 7.11 Å². The molecule has 174 valence electrons. The number of hydrogen-bond donors (Lipinski definition) is 2. The number of carbonyl (C=O) groups excluding carboxylic acids is 2. The van der Waals surface area contributed by atoms with Crippen LogP contribution in [-0.2, 0) is 4.84 Å². The van der Waals surface area contributed by atoms with E-state index < -0.39 is 6.23 Å². The number of hydrogen-bond acceptors (Lipinski definition) is 5. The third kappa shape index (κ3) is 4.37. The van der Waals surface area contributed by atoms with E-state index in [0.29, 0.717) is 31.7 Å². The molecule has 1 heterocycles. The number of urea groups is 1. The molecule has 4 rings (SSSR count). The lowest BCUT2D eigenvalue weighted by molar-refractivity contribution is -0.135. The quantitative estimate of drug-likeness (QED) is 0.407. The lowest BCUT2D eigenvalue weighted by Crippen LogP contribution is -2.45. The van der Waals surface area contributed by atoms with Crippen molar-refractivity contribution >= 4 is 33.5 Å². The van der Waals surface area contributed by atoms with Gasteiger partial charge in [-0.1, -0.05) is 42.5 Å². The maximum Gasteiger partial charge on any atom is 0.317 e. The summed E-state index contributed by atoms with van der Waals surface area (Å²) in [5, 5.41) is 19.4. The molecule has 1 atom stereocenters. The first-order chi connectivity index (χ1) is 16.0. The van der Waals surface area contributed by atoms with Crippen molar-refractivity contribution in [2.24, 2.45) is 0 Å². The summed E-state index contributed by atoms with van der Waals surface area (Å²) < 4.78 is 0. The molecule has 0 spiro atoms. The fourth-order valence-electron chi connectivity index (χ4n) is 4.31. The van der Waals surface area contributed by atoms with Gasteiger partial charge in [0, 0.05) is 56.3 Å². The maximum atomic E-state index is 13.4. The van der Waals surface area contributed by atoms with E-state index in [9.17, 15) is 14.7 Å². The van der Waals surface area contributed by atoms with Crippen LogP contribution in [0.1, 0.15) is 29.1 Å². The Morgan fingerprint density at radius 2 is 1.91 bits per heavy atom. The van der Waals surface area contributed by atoms with E-state index >= 15 is 0 Å². The fraction of sp³-hybridized carbons (Fsp3) is 0.360. The molecule has 0 saturated heterocycles. The average Bonchev–Trinajstić information content (AvgIpc) is 2.85. The van der Waals surface area contributed by atoms with Crippen LogP contribution in [0.5, 0.6) is 0 Å². The largest absolute Gasteiger partial charge is 0.369 e. The van der Waals surface area contributed by atoms with Crippen molar-refractivity contribution in [3.8, 4) is 0 Å². The van der Waals surface area contributed by atoms with Crippen molar-refractivity contribution in [1.29, 1.82) is 0 Å². The number of aliphatic hydroxyl groups is 1. The second-order valence-electron chi connectivity index (χ2n) is 8.14. The summed E-state index contributed by atoms with van der Waals surface area (Å²) >= 11 is 0. The number of rotatable bonds is 8. The Morgan fingerprint density at radius 1 is 1.15 bits per heavy atom. The predicted molar refractivity (Wildman–Crippen MR) is 128 cm³/mol. The van der Waals surface area contributed by atoms with Gasteiger partial charge >= 0.3 is 6.03 Å². The SMILES string of the molecule is CCN(C)C(=O)NCCN(CCN1C(=O)c2cc3ccccc3c3cccc(c23)C1O)OC. The zero-order valence-corrected chi connectivity index (χ0v) is 19.2. The van der Waals surface area contributed by atoms with Crippen molar-refractivity contribution in [1.82, 2.24) is 20.2 Å². The molecule has 33 heavy (non-hydrogen) atoms. The van der Waals surface area contributed by atoms with Crippen LogP contribution in [0.25, 0.3) is 21.5 Å². The minimum atomic E-state index is -1.04. The number of hydroxylamine groups is 2. The second-order valence-corrected chi connectivity index (χ2v) is 8.14. The van der Waals surface area contributed by atoms with Crippen LogP contribution in [-0.4, -0.2) is 78.8 Å². The van der Waals surface area contributed by atoms with Crippen LogP contribution < -0.4 is 5.32 Å². The molecule has 0 bridgehead atoms. The third-order valence-corrected chi connectivity index (χ3v) is 6.29. The van der Waals surface area contributed by atoms with E-state index in [1.54, 1.807) is 24.1 Å². The van der Waals surface area contributed by atoms with Gasteiger partial charge in [0.15, 0.2) is 6.23 Å². The Hall–Kier alpha value is -3.20. The Labute approximate surface area is 193 Å². The zero-order chi connectivity index (χ0) is 23.5. The normalized spacial score (nSPS) is 15.5. The van der Waals surface area contributed by atoms with Gasteiger partial charge in [0.25, 0.3) is 5.91 Å². The lowest BCUT2D eigenvalue weighted by atomic mass is 9.90. The molecule has 3 amide bonds. The molecular weight excluding hydrogens is 420 g/mol. The number of nitrogens with one attached hydrogen (secondary N) is 1. The van der Waals surface area contributed by atoms with Crippen molar-refractivity contribution in [2.75, 3.05) is 46.9 Å². The van der Waals surface area contributed by atoms with E-state index in [1.165, 1.54) is 4.90 Å². The standard InChI is InChI=1S/C25H30N4O4/c1-4-27(2)25(32)26-12-13-28(33-3)14-15-29-23(30)20-11-7-10-19-18-9-6-5-8-17(18)16-21(22(19)20)24(29)31/h5-11,16,23,30H,4,12-15H2,1-3H3,(H,26,32). The molecule has 3 aromatic rings. The Morgan fingerprint density at radius 3 is 2.67 bits per heavy atom. The van der Waals surface area contributed by atoms with E-state index in [1.807, 2.05) is 55.5 Å². The van der Waals surface area contributed by atoms with Crippen LogP contribution in [0, 0.1) is 0 Å². The summed E-state index contributed by atoms with van der Waals surface area (Å²) in [7, 11) is 3.28. The Bertz CT molecular complexity index is 1180. The molecule has 1 aliphatic rings. The number of aliphatic hydroxyl groups excluding tert-OH is 1. The average molecular weight is 451 g/mol. The van der Waals surface area contributed by atoms with Gasteiger partial charge in [-0.25, -0.2) is 4.79 Å². The molecule has 1 aliphatic heterocycles. The van der Waals surface area contributed by atoms with Gasteiger partial charge in [-0.05, 0) is 29.1 Å². The van der Waals surface area contributed by atoms with E-state index in [2.05, 4.69) is 5.32 Å². The molecule has 8 nitrogen and oxygen atoms in total. The topological polar surface area (TPSA) is 85.4 Å². The highest BCUT2D eigenvalue weighted by Gasteiger charge is 2.33. The van der Waals surface area contributed by atoms with Crippen molar-refractivity contribution in [3.63, 3.8) is 0 Å². The van der Waals surface area contributed by atoms with E-state index in [0.717, 1.165) is 27.1 Å². The number of benzene rings is 3. The Balaban J connectivity index is 1.51. The van der Waals surface area contributed by atoms with Gasteiger partial charge in [-0.3, -0.25) is 4.79 Å².